The van der Waals surface area contributed by atoms with Crippen LogP contribution in [0.1, 0.15) is 39.5 Å². The van der Waals surface area contributed by atoms with Gasteiger partial charge < -0.3 is 14.8 Å². The summed E-state index contributed by atoms with van der Waals surface area (Å²) >= 11 is 0. The van der Waals surface area contributed by atoms with Gasteiger partial charge in [0.15, 0.2) is 0 Å². The molecule has 1 rings (SSSR count). The van der Waals surface area contributed by atoms with Crippen LogP contribution in [0.15, 0.2) is 24.3 Å². The van der Waals surface area contributed by atoms with Gasteiger partial charge in [-0.05, 0) is 32.6 Å². The van der Waals surface area contributed by atoms with Crippen LogP contribution < -0.4 is 5.32 Å². The van der Waals surface area contributed by atoms with E-state index < -0.39 is 0 Å². The van der Waals surface area contributed by atoms with Gasteiger partial charge in [0, 0.05) is 38.8 Å². The molecular formula is C17H31NO2. The number of methoxy groups -OCH3 is 1. The van der Waals surface area contributed by atoms with Crippen LogP contribution in [0.5, 0.6) is 0 Å². The molecule has 2 unspecified atom stereocenters. The van der Waals surface area contributed by atoms with Crippen molar-refractivity contribution in [2.24, 2.45) is 5.92 Å². The Morgan fingerprint density at radius 1 is 1.40 bits per heavy atom. The molecule has 1 saturated carbocycles. The summed E-state index contributed by atoms with van der Waals surface area (Å²) in [4.78, 5) is 0. The maximum absolute atomic E-state index is 6.03. The second-order valence-electron chi connectivity index (χ2n) is 5.65. The Hall–Kier alpha value is -0.640. The van der Waals surface area contributed by atoms with Crippen LogP contribution in [-0.2, 0) is 9.47 Å². The number of hydrogen-bond donors (Lipinski definition) is 1. The average Bonchev–Trinajstić information content (AvgIpc) is 3.23. The van der Waals surface area contributed by atoms with E-state index >= 15 is 0 Å². The molecule has 116 valence electrons. The fraction of sp³-hybridized carbons (Fsp3) is 0.765. The van der Waals surface area contributed by atoms with Gasteiger partial charge in [0.25, 0.3) is 0 Å². The molecule has 0 aromatic heterocycles. The van der Waals surface area contributed by atoms with Gasteiger partial charge in [-0.3, -0.25) is 0 Å². The smallest absolute Gasteiger partial charge is 0.0821 e. The summed E-state index contributed by atoms with van der Waals surface area (Å²) in [5, 5.41) is 3.49. The number of hydrogen-bond acceptors (Lipinski definition) is 3. The summed E-state index contributed by atoms with van der Waals surface area (Å²) in [5.74, 6) is 0.398. The predicted octanol–water partition coefficient (Wildman–Crippen LogP) is 3.32. The molecule has 0 saturated heterocycles. The van der Waals surface area contributed by atoms with E-state index in [-0.39, 0.29) is 6.10 Å². The summed E-state index contributed by atoms with van der Waals surface area (Å²) in [6, 6.07) is 0.754. The molecule has 0 aliphatic heterocycles. The Bertz CT molecular complexity index is 297. The van der Waals surface area contributed by atoms with Crippen LogP contribution in [0.4, 0.5) is 0 Å². The van der Waals surface area contributed by atoms with E-state index in [1.54, 1.807) is 7.11 Å². The molecule has 0 aromatic rings. The van der Waals surface area contributed by atoms with Gasteiger partial charge in [-0.1, -0.05) is 31.2 Å². The van der Waals surface area contributed by atoms with E-state index in [1.807, 2.05) is 0 Å². The molecule has 20 heavy (non-hydrogen) atoms. The Morgan fingerprint density at radius 3 is 2.70 bits per heavy atom. The van der Waals surface area contributed by atoms with E-state index in [2.05, 4.69) is 37.9 Å². The largest absolute Gasteiger partial charge is 0.385 e. The van der Waals surface area contributed by atoms with Crippen molar-refractivity contribution in [3.05, 3.63) is 24.3 Å². The summed E-state index contributed by atoms with van der Waals surface area (Å²) in [7, 11) is 1.73. The van der Waals surface area contributed by atoms with E-state index in [4.69, 9.17) is 9.47 Å². The highest BCUT2D eigenvalue weighted by atomic mass is 16.5. The van der Waals surface area contributed by atoms with Crippen molar-refractivity contribution in [3.8, 4) is 0 Å². The summed E-state index contributed by atoms with van der Waals surface area (Å²) < 4.78 is 11.1. The van der Waals surface area contributed by atoms with Crippen LogP contribution in [0.3, 0.4) is 0 Å². The van der Waals surface area contributed by atoms with Crippen LogP contribution in [-0.4, -0.2) is 39.0 Å². The van der Waals surface area contributed by atoms with Crippen molar-refractivity contribution in [2.75, 3.05) is 26.9 Å². The first-order valence-electron chi connectivity index (χ1n) is 7.85. The highest BCUT2D eigenvalue weighted by Crippen LogP contribution is 2.22. The minimum Gasteiger partial charge on any atom is -0.385 e. The third-order valence-corrected chi connectivity index (χ3v) is 3.70. The third-order valence-electron chi connectivity index (χ3n) is 3.70. The van der Waals surface area contributed by atoms with Gasteiger partial charge in [0.1, 0.15) is 0 Å². The zero-order valence-electron chi connectivity index (χ0n) is 13.4. The van der Waals surface area contributed by atoms with Gasteiger partial charge >= 0.3 is 0 Å². The highest BCUT2D eigenvalue weighted by molar-refractivity contribution is 5.06. The van der Waals surface area contributed by atoms with Gasteiger partial charge in [0.05, 0.1) is 6.10 Å². The van der Waals surface area contributed by atoms with Crippen molar-refractivity contribution in [1.82, 2.24) is 5.32 Å². The van der Waals surface area contributed by atoms with Crippen LogP contribution in [0.2, 0.25) is 0 Å². The molecular weight excluding hydrogens is 250 g/mol. The topological polar surface area (TPSA) is 30.5 Å². The van der Waals surface area contributed by atoms with Gasteiger partial charge in [0.2, 0.25) is 0 Å². The molecule has 3 nitrogen and oxygen atoms in total. The Kier molecular flexibility index (Phi) is 8.83. The summed E-state index contributed by atoms with van der Waals surface area (Å²) in [6.07, 6.45) is 9.19. The minimum absolute atomic E-state index is 0.135. The van der Waals surface area contributed by atoms with E-state index in [0.717, 1.165) is 38.6 Å². The molecule has 2 atom stereocenters. The molecule has 0 bridgehead atoms. The van der Waals surface area contributed by atoms with Crippen molar-refractivity contribution in [2.45, 2.75) is 51.7 Å². The lowest BCUT2D eigenvalue weighted by Crippen LogP contribution is -2.24. The van der Waals surface area contributed by atoms with Crippen LogP contribution >= 0.6 is 0 Å². The number of rotatable bonds is 12. The van der Waals surface area contributed by atoms with Crippen LogP contribution in [0.25, 0.3) is 0 Å². The lowest BCUT2D eigenvalue weighted by molar-refractivity contribution is 0.0405. The van der Waals surface area contributed by atoms with Crippen molar-refractivity contribution < 1.29 is 9.47 Å². The fourth-order valence-electron chi connectivity index (χ4n) is 2.31. The standard InChI is InChI=1S/C17H31NO2/c1-5-16(14(2)3)17(20-13-7-12-19-4)8-6-11-18-15-9-10-15/h6,8,15-18H,2,5,7,9-13H2,1,3-4H3/b8-6+. The SMILES string of the molecule is C=C(C)C(CC)C(/C=C/CNC1CC1)OCCCOC. The highest BCUT2D eigenvalue weighted by Gasteiger charge is 2.20. The van der Waals surface area contributed by atoms with Gasteiger partial charge in [-0.15, -0.1) is 0 Å². The molecule has 1 aliphatic carbocycles. The number of ether oxygens (including phenoxy) is 2. The Morgan fingerprint density at radius 2 is 2.15 bits per heavy atom. The lowest BCUT2D eigenvalue weighted by Gasteiger charge is -2.24. The maximum Gasteiger partial charge on any atom is 0.0821 e. The number of nitrogens with one attached hydrogen (secondary N) is 1. The molecule has 1 N–H and O–H groups in total. The third kappa shape index (κ3) is 7.22. The second-order valence-corrected chi connectivity index (χ2v) is 5.65. The molecule has 0 amide bonds. The quantitative estimate of drug-likeness (QED) is 0.440. The molecule has 3 heteroatoms. The van der Waals surface area contributed by atoms with Crippen molar-refractivity contribution >= 4 is 0 Å². The monoisotopic (exact) mass is 281 g/mol. The first kappa shape index (κ1) is 17.4. The zero-order valence-corrected chi connectivity index (χ0v) is 13.4. The zero-order chi connectivity index (χ0) is 14.8. The normalized spacial score (nSPS) is 18.4. The predicted molar refractivity (Wildman–Crippen MR) is 85.0 cm³/mol. The Balaban J connectivity index is 2.40. The van der Waals surface area contributed by atoms with E-state index in [0.29, 0.717) is 5.92 Å². The van der Waals surface area contributed by atoms with E-state index in [1.165, 1.54) is 18.4 Å². The minimum atomic E-state index is 0.135. The van der Waals surface area contributed by atoms with E-state index in [9.17, 15) is 0 Å². The van der Waals surface area contributed by atoms with Crippen molar-refractivity contribution in [1.29, 1.82) is 0 Å². The first-order valence-corrected chi connectivity index (χ1v) is 7.85. The van der Waals surface area contributed by atoms with Gasteiger partial charge in [-0.25, -0.2) is 0 Å². The van der Waals surface area contributed by atoms with Gasteiger partial charge in [-0.2, -0.15) is 0 Å². The molecule has 0 radical (unpaired) electrons. The lowest BCUT2D eigenvalue weighted by atomic mass is 9.92. The Labute approximate surface area is 124 Å². The molecule has 1 aliphatic rings. The fourth-order valence-corrected chi connectivity index (χ4v) is 2.31. The molecule has 0 heterocycles. The summed E-state index contributed by atoms with van der Waals surface area (Å²) in [5.41, 5.74) is 1.20. The average molecular weight is 281 g/mol. The molecule has 0 aromatic carbocycles. The maximum atomic E-state index is 6.03. The first-order chi connectivity index (χ1) is 9.69. The van der Waals surface area contributed by atoms with Crippen LogP contribution in [0, 0.1) is 5.92 Å². The molecule has 0 spiro atoms. The van der Waals surface area contributed by atoms with Crippen molar-refractivity contribution in [3.63, 3.8) is 0 Å². The second kappa shape index (κ2) is 10.1. The molecule has 1 fully saturated rings. The summed E-state index contributed by atoms with van der Waals surface area (Å²) in [6.45, 7) is 10.8.